The summed E-state index contributed by atoms with van der Waals surface area (Å²) in [6.07, 6.45) is -3.62. The highest BCUT2D eigenvalue weighted by molar-refractivity contribution is 8.00. The summed E-state index contributed by atoms with van der Waals surface area (Å²) >= 11 is 3.02. The first-order valence-electron chi connectivity index (χ1n) is 8.77. The van der Waals surface area contributed by atoms with Gasteiger partial charge in [0.2, 0.25) is 5.91 Å². The SMILES string of the molecule is CC1CCN(C(=O)Cc2csc(C(C)C)n2)c2cc(C(F)(F)F)ccc2S1. The number of alkyl halides is 3. The van der Waals surface area contributed by atoms with E-state index >= 15 is 0 Å². The van der Waals surface area contributed by atoms with Crippen LogP contribution in [0.5, 0.6) is 0 Å². The van der Waals surface area contributed by atoms with Crippen LogP contribution in [0.4, 0.5) is 18.9 Å². The lowest BCUT2D eigenvalue weighted by molar-refractivity contribution is -0.137. The van der Waals surface area contributed by atoms with E-state index in [1.807, 2.05) is 26.2 Å². The predicted molar refractivity (Wildman–Crippen MR) is 104 cm³/mol. The van der Waals surface area contributed by atoms with E-state index in [2.05, 4.69) is 4.98 Å². The summed E-state index contributed by atoms with van der Waals surface area (Å²) in [4.78, 5) is 19.6. The summed E-state index contributed by atoms with van der Waals surface area (Å²) in [5.41, 5.74) is 0.292. The van der Waals surface area contributed by atoms with Gasteiger partial charge >= 0.3 is 6.18 Å². The molecule has 0 saturated heterocycles. The molecule has 2 aromatic rings. The van der Waals surface area contributed by atoms with E-state index in [0.29, 0.717) is 22.8 Å². The summed E-state index contributed by atoms with van der Waals surface area (Å²) in [5, 5.41) is 3.04. The van der Waals surface area contributed by atoms with Crippen molar-refractivity contribution in [3.05, 3.63) is 39.8 Å². The van der Waals surface area contributed by atoms with Crippen LogP contribution in [-0.4, -0.2) is 22.7 Å². The van der Waals surface area contributed by atoms with Crippen molar-refractivity contribution in [2.45, 2.75) is 55.9 Å². The third-order valence-electron chi connectivity index (χ3n) is 4.36. The molecule has 0 saturated carbocycles. The molecule has 1 aliphatic rings. The minimum atomic E-state index is -4.44. The van der Waals surface area contributed by atoms with Gasteiger partial charge in [0.05, 0.1) is 28.4 Å². The molecule has 8 heteroatoms. The molecular weight excluding hydrogens is 393 g/mol. The summed E-state index contributed by atoms with van der Waals surface area (Å²) in [6.45, 7) is 6.50. The highest BCUT2D eigenvalue weighted by Gasteiger charge is 2.33. The zero-order chi connectivity index (χ0) is 19.8. The number of hydrogen-bond acceptors (Lipinski definition) is 4. The van der Waals surface area contributed by atoms with Crippen molar-refractivity contribution in [3.8, 4) is 0 Å². The van der Waals surface area contributed by atoms with E-state index < -0.39 is 11.7 Å². The second-order valence-corrected chi connectivity index (χ2v) is 9.32. The quantitative estimate of drug-likeness (QED) is 0.642. The van der Waals surface area contributed by atoms with Crippen molar-refractivity contribution in [2.24, 2.45) is 0 Å². The second kappa shape index (κ2) is 7.83. The maximum absolute atomic E-state index is 13.2. The van der Waals surface area contributed by atoms with Crippen molar-refractivity contribution >= 4 is 34.7 Å². The number of halogens is 3. The summed E-state index contributed by atoms with van der Waals surface area (Å²) in [6, 6.07) is 3.66. The number of amides is 1. The number of thioether (sulfide) groups is 1. The molecule has 27 heavy (non-hydrogen) atoms. The zero-order valence-electron chi connectivity index (χ0n) is 15.3. The molecule has 3 rings (SSSR count). The molecule has 1 amide bonds. The van der Waals surface area contributed by atoms with Gasteiger partial charge in [-0.05, 0) is 24.6 Å². The van der Waals surface area contributed by atoms with E-state index in [4.69, 9.17) is 0 Å². The molecule has 3 nitrogen and oxygen atoms in total. The summed E-state index contributed by atoms with van der Waals surface area (Å²) in [5.74, 6) is 0.0650. The Labute approximate surface area is 165 Å². The van der Waals surface area contributed by atoms with Gasteiger partial charge in [-0.3, -0.25) is 4.79 Å². The van der Waals surface area contributed by atoms with Crippen LogP contribution in [0.2, 0.25) is 0 Å². The molecule has 1 unspecified atom stereocenters. The van der Waals surface area contributed by atoms with Crippen molar-refractivity contribution < 1.29 is 18.0 Å². The topological polar surface area (TPSA) is 33.2 Å². The van der Waals surface area contributed by atoms with Crippen LogP contribution in [0.1, 0.15) is 49.4 Å². The fourth-order valence-corrected chi connectivity index (χ4v) is 4.82. The molecule has 2 heterocycles. The average Bonchev–Trinajstić information content (AvgIpc) is 2.96. The Hall–Kier alpha value is -1.54. The van der Waals surface area contributed by atoms with Gasteiger partial charge in [0.1, 0.15) is 0 Å². The minimum Gasteiger partial charge on any atom is -0.311 e. The molecule has 1 atom stereocenters. The third kappa shape index (κ3) is 4.66. The number of carbonyl (C=O) groups excluding carboxylic acids is 1. The molecule has 0 bridgehead atoms. The van der Waals surface area contributed by atoms with Crippen LogP contribution in [0, 0.1) is 0 Å². The zero-order valence-corrected chi connectivity index (χ0v) is 17.0. The average molecular weight is 415 g/mol. The van der Waals surface area contributed by atoms with E-state index in [1.54, 1.807) is 0 Å². The van der Waals surface area contributed by atoms with Gasteiger partial charge in [0, 0.05) is 28.0 Å². The Morgan fingerprint density at radius 1 is 1.37 bits per heavy atom. The van der Waals surface area contributed by atoms with Gasteiger partial charge in [0.15, 0.2) is 0 Å². The second-order valence-electron chi connectivity index (χ2n) is 6.95. The van der Waals surface area contributed by atoms with Crippen LogP contribution in [0.25, 0.3) is 0 Å². The molecule has 146 valence electrons. The van der Waals surface area contributed by atoms with Crippen LogP contribution < -0.4 is 4.90 Å². The number of hydrogen-bond donors (Lipinski definition) is 0. The first-order valence-corrected chi connectivity index (χ1v) is 10.5. The number of aromatic nitrogens is 1. The highest BCUT2D eigenvalue weighted by atomic mass is 32.2. The number of anilines is 1. The van der Waals surface area contributed by atoms with E-state index in [1.165, 1.54) is 34.1 Å². The molecule has 1 aliphatic heterocycles. The lowest BCUT2D eigenvalue weighted by Gasteiger charge is -2.23. The molecule has 0 spiro atoms. The molecule has 0 radical (unpaired) electrons. The number of fused-ring (bicyclic) bond motifs is 1. The number of nitrogens with zero attached hydrogens (tertiary/aromatic N) is 2. The molecular formula is C19H21F3N2OS2. The van der Waals surface area contributed by atoms with Crippen molar-refractivity contribution in [2.75, 3.05) is 11.4 Å². The lowest BCUT2D eigenvalue weighted by atomic mass is 10.1. The molecule has 0 aliphatic carbocycles. The minimum absolute atomic E-state index is 0.0952. The summed E-state index contributed by atoms with van der Waals surface area (Å²) in [7, 11) is 0. The Balaban J connectivity index is 1.91. The van der Waals surface area contributed by atoms with Gasteiger partial charge < -0.3 is 4.90 Å². The molecule has 1 aromatic carbocycles. The largest absolute Gasteiger partial charge is 0.416 e. The monoisotopic (exact) mass is 414 g/mol. The number of rotatable bonds is 3. The molecule has 1 aromatic heterocycles. The lowest BCUT2D eigenvalue weighted by Crippen LogP contribution is -2.33. The molecule has 0 fully saturated rings. The Morgan fingerprint density at radius 3 is 2.74 bits per heavy atom. The van der Waals surface area contributed by atoms with Crippen LogP contribution in [-0.2, 0) is 17.4 Å². The van der Waals surface area contributed by atoms with Crippen LogP contribution in [0.3, 0.4) is 0 Å². The van der Waals surface area contributed by atoms with Gasteiger partial charge in [-0.25, -0.2) is 4.98 Å². The van der Waals surface area contributed by atoms with Crippen LogP contribution >= 0.6 is 23.1 Å². The number of carbonyl (C=O) groups is 1. The number of thiazole rings is 1. The number of benzene rings is 1. The Kier molecular flexibility index (Phi) is 5.86. The van der Waals surface area contributed by atoms with Crippen molar-refractivity contribution in [3.63, 3.8) is 0 Å². The van der Waals surface area contributed by atoms with E-state index in [9.17, 15) is 18.0 Å². The van der Waals surface area contributed by atoms with Gasteiger partial charge in [0.25, 0.3) is 0 Å². The highest BCUT2D eigenvalue weighted by Crippen LogP contribution is 2.41. The summed E-state index contributed by atoms with van der Waals surface area (Å²) < 4.78 is 39.5. The fraction of sp³-hybridized carbons (Fsp3) is 0.474. The van der Waals surface area contributed by atoms with Gasteiger partial charge in [-0.1, -0.05) is 20.8 Å². The standard InChI is InChI=1S/C19H21F3N2OS2/c1-11(2)18-23-14(10-26-18)9-17(25)24-7-6-12(3)27-16-5-4-13(8-15(16)24)19(20,21)22/h4-5,8,10-12H,6-7,9H2,1-3H3. The van der Waals surface area contributed by atoms with Crippen molar-refractivity contribution in [1.82, 2.24) is 4.98 Å². The predicted octanol–water partition coefficient (Wildman–Crippen LogP) is 5.75. The normalized spacial score (nSPS) is 17.7. The molecule has 0 N–H and O–H groups in total. The first kappa shape index (κ1) is 20.2. The van der Waals surface area contributed by atoms with Gasteiger partial charge in [-0.15, -0.1) is 23.1 Å². The Morgan fingerprint density at radius 2 is 2.11 bits per heavy atom. The smallest absolute Gasteiger partial charge is 0.311 e. The van der Waals surface area contributed by atoms with E-state index in [0.717, 1.165) is 23.6 Å². The van der Waals surface area contributed by atoms with E-state index in [-0.39, 0.29) is 23.5 Å². The third-order valence-corrected chi connectivity index (χ3v) is 6.79. The van der Waals surface area contributed by atoms with Crippen molar-refractivity contribution in [1.29, 1.82) is 0 Å². The van der Waals surface area contributed by atoms with Crippen LogP contribution in [0.15, 0.2) is 28.5 Å². The maximum atomic E-state index is 13.2. The Bertz CT molecular complexity index is 833. The fourth-order valence-electron chi connectivity index (χ4n) is 2.89. The van der Waals surface area contributed by atoms with Gasteiger partial charge in [-0.2, -0.15) is 13.2 Å². The first-order chi connectivity index (χ1) is 12.6. The maximum Gasteiger partial charge on any atom is 0.416 e.